The lowest BCUT2D eigenvalue weighted by molar-refractivity contribution is 1.11. The quantitative estimate of drug-likeness (QED) is 0.478. The van der Waals surface area contributed by atoms with Crippen LogP contribution >= 0.6 is 0 Å². The van der Waals surface area contributed by atoms with Gasteiger partial charge < -0.3 is 0 Å². The second-order valence-corrected chi connectivity index (χ2v) is 1.63. The van der Waals surface area contributed by atoms with Crippen molar-refractivity contribution in [3.63, 3.8) is 0 Å². The lowest BCUT2D eigenvalue weighted by Gasteiger charge is -1.61. The highest BCUT2D eigenvalue weighted by Crippen LogP contribution is 1.86. The van der Waals surface area contributed by atoms with E-state index in [9.17, 15) is 0 Å². The molecular formula is C6H8N4. The molecule has 4 nitrogen and oxygen atoms in total. The monoisotopic (exact) mass is 136 g/mol. The molecule has 10 heavy (non-hydrogen) atoms. The molecule has 0 bridgehead atoms. The Labute approximate surface area is 59.1 Å². The van der Waals surface area contributed by atoms with Crippen LogP contribution in [0.5, 0.6) is 0 Å². The Kier molecular flexibility index (Phi) is 3.09. The summed E-state index contributed by atoms with van der Waals surface area (Å²) in [5, 5.41) is 7.12. The van der Waals surface area contributed by atoms with E-state index in [0.717, 1.165) is 6.54 Å². The van der Waals surface area contributed by atoms with E-state index in [1.54, 1.807) is 18.6 Å². The molecule has 4 heteroatoms. The van der Waals surface area contributed by atoms with E-state index >= 15 is 0 Å². The summed E-state index contributed by atoms with van der Waals surface area (Å²) in [6.45, 7) is 1.42. The van der Waals surface area contributed by atoms with Crippen molar-refractivity contribution in [3.05, 3.63) is 12.3 Å². The van der Waals surface area contributed by atoms with Crippen LogP contribution in [0.4, 0.5) is 0 Å². The average Bonchev–Trinajstić information content (AvgIpc) is 2.67. The Hall–Kier alpha value is -1.32. The van der Waals surface area contributed by atoms with Gasteiger partial charge in [0, 0.05) is 18.6 Å². The largest absolute Gasteiger partial charge is 0.268 e. The normalized spacial score (nSPS) is 17.6. The van der Waals surface area contributed by atoms with Gasteiger partial charge in [-0.25, -0.2) is 0 Å². The molecule has 0 fully saturated rings. The van der Waals surface area contributed by atoms with Gasteiger partial charge in [-0.15, -0.1) is 0 Å². The first-order valence-electron chi connectivity index (χ1n) is 3.00. The van der Waals surface area contributed by atoms with Crippen molar-refractivity contribution in [2.45, 2.75) is 0 Å². The summed E-state index contributed by atoms with van der Waals surface area (Å²) in [7, 11) is 0. The highest BCUT2D eigenvalue weighted by Gasteiger charge is 1.74. The second kappa shape index (κ2) is 4.55. The molecule has 0 aromatic carbocycles. The van der Waals surface area contributed by atoms with Gasteiger partial charge in [0.1, 0.15) is 6.67 Å². The fourth-order valence-electron chi connectivity index (χ4n) is 0.471. The summed E-state index contributed by atoms with van der Waals surface area (Å²) >= 11 is 0. The standard InChI is InChI=1S/2C3H4N2/c1-2-5-3-4-1;1-2-4-5-3-1/h2*1-2H,3H2. The number of hydrogen-bond acceptors (Lipinski definition) is 4. The molecule has 2 rings (SSSR count). The summed E-state index contributed by atoms with van der Waals surface area (Å²) in [4.78, 5) is 7.47. The minimum atomic E-state index is 0.639. The second-order valence-electron chi connectivity index (χ2n) is 1.63. The van der Waals surface area contributed by atoms with Crippen molar-refractivity contribution in [1.82, 2.24) is 0 Å². The molecule has 52 valence electrons. The van der Waals surface area contributed by atoms with Crippen molar-refractivity contribution >= 4 is 12.4 Å². The van der Waals surface area contributed by atoms with Gasteiger partial charge in [-0.3, -0.25) is 9.98 Å². The first-order chi connectivity index (χ1) is 5.00. The van der Waals surface area contributed by atoms with Crippen LogP contribution in [-0.4, -0.2) is 25.6 Å². The van der Waals surface area contributed by atoms with Gasteiger partial charge in [-0.2, -0.15) is 10.2 Å². The van der Waals surface area contributed by atoms with Crippen molar-refractivity contribution in [3.8, 4) is 0 Å². The van der Waals surface area contributed by atoms with Crippen LogP contribution in [0.3, 0.4) is 0 Å². The first kappa shape index (κ1) is 6.80. The zero-order valence-corrected chi connectivity index (χ0v) is 5.51. The molecular weight excluding hydrogens is 128 g/mol. The van der Waals surface area contributed by atoms with Gasteiger partial charge in [0.15, 0.2) is 0 Å². The van der Waals surface area contributed by atoms with Crippen molar-refractivity contribution in [1.29, 1.82) is 0 Å². The van der Waals surface area contributed by atoms with Gasteiger partial charge in [-0.1, -0.05) is 0 Å². The number of aliphatic imine (C=N–C) groups is 2. The lowest BCUT2D eigenvalue weighted by Crippen LogP contribution is -1.56. The van der Waals surface area contributed by atoms with E-state index in [4.69, 9.17) is 0 Å². The molecule has 0 saturated heterocycles. The molecule has 0 aliphatic carbocycles. The third kappa shape index (κ3) is 2.86. The smallest absolute Gasteiger partial charge is 0.129 e. The van der Waals surface area contributed by atoms with Crippen molar-refractivity contribution in [2.75, 3.05) is 13.2 Å². The average molecular weight is 136 g/mol. The maximum absolute atomic E-state index is 3.74. The topological polar surface area (TPSA) is 49.4 Å². The minimum absolute atomic E-state index is 0.639. The summed E-state index contributed by atoms with van der Waals surface area (Å²) in [6.07, 6.45) is 6.99. The number of rotatable bonds is 0. The van der Waals surface area contributed by atoms with Crippen molar-refractivity contribution < 1.29 is 0 Å². The van der Waals surface area contributed by atoms with Crippen LogP contribution < -0.4 is 0 Å². The van der Waals surface area contributed by atoms with Crippen LogP contribution in [0, 0.1) is 0 Å². The van der Waals surface area contributed by atoms with E-state index in [1.165, 1.54) is 0 Å². The fraction of sp³-hybridized carbons (Fsp3) is 0.333. The summed E-state index contributed by atoms with van der Waals surface area (Å²) in [5.74, 6) is 0. The molecule has 0 unspecified atom stereocenters. The molecule has 0 radical (unpaired) electrons. The van der Waals surface area contributed by atoms with E-state index in [0.29, 0.717) is 6.67 Å². The Morgan fingerprint density at radius 2 is 1.90 bits per heavy atom. The molecule has 0 saturated carbocycles. The molecule has 0 atom stereocenters. The van der Waals surface area contributed by atoms with Gasteiger partial charge in [-0.05, 0) is 6.08 Å². The van der Waals surface area contributed by atoms with Crippen LogP contribution in [0.2, 0.25) is 0 Å². The highest BCUT2D eigenvalue weighted by atomic mass is 15.1. The lowest BCUT2D eigenvalue weighted by atomic mass is 10.7. The first-order valence-corrected chi connectivity index (χ1v) is 3.00. The molecule has 0 N–H and O–H groups in total. The molecule has 0 aromatic rings. The number of nitrogens with zero attached hydrogens (tertiary/aromatic N) is 4. The predicted octanol–water partition coefficient (Wildman–Crippen LogP) is 1.06. The molecule has 2 aliphatic heterocycles. The third-order valence-electron chi connectivity index (χ3n) is 0.882. The van der Waals surface area contributed by atoms with Crippen LogP contribution in [0.15, 0.2) is 32.5 Å². The Morgan fingerprint density at radius 3 is 2.10 bits per heavy atom. The van der Waals surface area contributed by atoms with Crippen molar-refractivity contribution in [2.24, 2.45) is 20.2 Å². The third-order valence-corrected chi connectivity index (χ3v) is 0.882. The van der Waals surface area contributed by atoms with Gasteiger partial charge in [0.25, 0.3) is 0 Å². The molecule has 2 heterocycles. The summed E-state index contributed by atoms with van der Waals surface area (Å²) in [5.41, 5.74) is 0. The number of hydrogen-bond donors (Lipinski definition) is 0. The maximum atomic E-state index is 3.74. The molecule has 0 spiro atoms. The van der Waals surface area contributed by atoms with Crippen LogP contribution in [-0.2, 0) is 0 Å². The van der Waals surface area contributed by atoms with Crippen LogP contribution in [0.1, 0.15) is 0 Å². The van der Waals surface area contributed by atoms with E-state index in [-0.39, 0.29) is 0 Å². The number of azo groups is 1. The predicted molar refractivity (Wildman–Crippen MR) is 40.7 cm³/mol. The highest BCUT2D eigenvalue weighted by molar-refractivity contribution is 6.17. The van der Waals surface area contributed by atoms with Crippen LogP contribution in [0.25, 0.3) is 0 Å². The molecule has 2 aliphatic rings. The molecule has 0 aromatic heterocycles. The van der Waals surface area contributed by atoms with Gasteiger partial charge in [0.05, 0.1) is 6.54 Å². The Bertz CT molecular complexity index is 148. The fourth-order valence-corrected chi connectivity index (χ4v) is 0.471. The maximum Gasteiger partial charge on any atom is 0.129 e. The van der Waals surface area contributed by atoms with Gasteiger partial charge >= 0.3 is 0 Å². The molecule has 0 amide bonds. The Morgan fingerprint density at radius 1 is 1.10 bits per heavy atom. The van der Waals surface area contributed by atoms with E-state index < -0.39 is 0 Å². The summed E-state index contributed by atoms with van der Waals surface area (Å²) < 4.78 is 0. The zero-order valence-electron chi connectivity index (χ0n) is 5.51. The zero-order chi connectivity index (χ0) is 7.07. The van der Waals surface area contributed by atoms with E-state index in [2.05, 4.69) is 20.2 Å². The van der Waals surface area contributed by atoms with Gasteiger partial charge in [0.2, 0.25) is 0 Å². The SMILES string of the molecule is C1=CN=NC1.C1=NCN=C1. The summed E-state index contributed by atoms with van der Waals surface area (Å²) in [6, 6.07) is 0. The minimum Gasteiger partial charge on any atom is -0.268 e. The Balaban J connectivity index is 0.0000001000. The van der Waals surface area contributed by atoms with E-state index in [1.807, 2.05) is 6.08 Å².